The van der Waals surface area contributed by atoms with Crippen molar-refractivity contribution in [3.8, 4) is 5.75 Å². The standard InChI is InChI=1S/C11H14ClNO3/c12-8-3-7-5-15-6-16-11(7)9(4-8)10(14)1-2-13/h3-4,10,14H,1-2,5-6,13H2. The van der Waals surface area contributed by atoms with Crippen LogP contribution in [0.2, 0.25) is 5.02 Å². The van der Waals surface area contributed by atoms with E-state index in [4.69, 9.17) is 26.8 Å². The van der Waals surface area contributed by atoms with Gasteiger partial charge in [0.25, 0.3) is 0 Å². The van der Waals surface area contributed by atoms with Gasteiger partial charge < -0.3 is 20.3 Å². The van der Waals surface area contributed by atoms with E-state index in [0.717, 1.165) is 5.56 Å². The highest BCUT2D eigenvalue weighted by molar-refractivity contribution is 6.30. The minimum atomic E-state index is -0.643. The largest absolute Gasteiger partial charge is 0.467 e. The number of aliphatic hydroxyl groups is 1. The van der Waals surface area contributed by atoms with E-state index in [1.807, 2.05) is 0 Å². The summed E-state index contributed by atoms with van der Waals surface area (Å²) in [6, 6.07) is 3.50. The van der Waals surface area contributed by atoms with Crippen molar-refractivity contribution in [1.82, 2.24) is 0 Å². The predicted molar refractivity (Wildman–Crippen MR) is 60.4 cm³/mol. The zero-order valence-electron chi connectivity index (χ0n) is 8.78. The van der Waals surface area contributed by atoms with Gasteiger partial charge in [-0.15, -0.1) is 0 Å². The van der Waals surface area contributed by atoms with Crippen LogP contribution in [0.1, 0.15) is 23.7 Å². The number of rotatable bonds is 3. The number of halogens is 1. The van der Waals surface area contributed by atoms with Crippen LogP contribution < -0.4 is 10.5 Å². The van der Waals surface area contributed by atoms with E-state index >= 15 is 0 Å². The highest BCUT2D eigenvalue weighted by Gasteiger charge is 2.20. The summed E-state index contributed by atoms with van der Waals surface area (Å²) >= 11 is 5.97. The Morgan fingerprint density at radius 2 is 2.31 bits per heavy atom. The average Bonchev–Trinajstić information content (AvgIpc) is 2.28. The topological polar surface area (TPSA) is 64.7 Å². The predicted octanol–water partition coefficient (Wildman–Crippen LogP) is 1.59. The van der Waals surface area contributed by atoms with E-state index in [-0.39, 0.29) is 6.79 Å². The molecule has 1 aromatic rings. The molecule has 2 rings (SSSR count). The van der Waals surface area contributed by atoms with Crippen LogP contribution in [0.4, 0.5) is 0 Å². The summed E-state index contributed by atoms with van der Waals surface area (Å²) < 4.78 is 10.6. The van der Waals surface area contributed by atoms with Gasteiger partial charge in [-0.1, -0.05) is 11.6 Å². The molecule has 0 aromatic heterocycles. The number of fused-ring (bicyclic) bond motifs is 1. The van der Waals surface area contributed by atoms with Gasteiger partial charge in [0.2, 0.25) is 0 Å². The molecule has 0 amide bonds. The molecule has 0 bridgehead atoms. The summed E-state index contributed by atoms with van der Waals surface area (Å²) in [6.45, 7) is 1.08. The SMILES string of the molecule is NCCC(O)c1cc(Cl)cc2c1OCOC2. The van der Waals surface area contributed by atoms with E-state index in [0.29, 0.717) is 35.9 Å². The molecule has 1 unspecified atom stereocenters. The Hall–Kier alpha value is -0.810. The second-order valence-electron chi connectivity index (χ2n) is 3.69. The molecule has 0 saturated carbocycles. The molecule has 1 atom stereocenters. The Bertz CT molecular complexity index is 384. The Kier molecular flexibility index (Phi) is 3.66. The van der Waals surface area contributed by atoms with Gasteiger partial charge in [0.1, 0.15) is 5.75 Å². The second-order valence-corrected chi connectivity index (χ2v) is 4.12. The first kappa shape index (κ1) is 11.7. The van der Waals surface area contributed by atoms with Gasteiger partial charge in [0.05, 0.1) is 12.7 Å². The van der Waals surface area contributed by atoms with E-state index in [1.54, 1.807) is 12.1 Å². The van der Waals surface area contributed by atoms with Crippen molar-refractivity contribution in [1.29, 1.82) is 0 Å². The molecule has 4 nitrogen and oxygen atoms in total. The van der Waals surface area contributed by atoms with E-state index in [1.165, 1.54) is 0 Å². The molecule has 0 spiro atoms. The fraction of sp³-hybridized carbons (Fsp3) is 0.455. The van der Waals surface area contributed by atoms with Gasteiger partial charge in [0.15, 0.2) is 6.79 Å². The number of benzene rings is 1. The van der Waals surface area contributed by atoms with Crippen molar-refractivity contribution < 1.29 is 14.6 Å². The number of ether oxygens (including phenoxy) is 2. The maximum absolute atomic E-state index is 9.94. The fourth-order valence-corrected chi connectivity index (χ4v) is 2.02. The monoisotopic (exact) mass is 243 g/mol. The Labute approximate surface area is 98.9 Å². The molecule has 0 fully saturated rings. The van der Waals surface area contributed by atoms with Gasteiger partial charge in [-0.25, -0.2) is 0 Å². The minimum Gasteiger partial charge on any atom is -0.467 e. The van der Waals surface area contributed by atoms with Crippen LogP contribution in [-0.2, 0) is 11.3 Å². The molecule has 0 radical (unpaired) electrons. The number of aliphatic hydroxyl groups excluding tert-OH is 1. The lowest BCUT2D eigenvalue weighted by atomic mass is 10.0. The van der Waals surface area contributed by atoms with Crippen LogP contribution in [0.5, 0.6) is 5.75 Å². The first-order chi connectivity index (χ1) is 7.72. The highest BCUT2D eigenvalue weighted by Crippen LogP contribution is 2.36. The fourth-order valence-electron chi connectivity index (χ4n) is 1.77. The van der Waals surface area contributed by atoms with E-state index < -0.39 is 6.10 Å². The summed E-state index contributed by atoms with van der Waals surface area (Å²) in [5.41, 5.74) is 6.98. The zero-order chi connectivity index (χ0) is 11.5. The normalized spacial score (nSPS) is 16.4. The van der Waals surface area contributed by atoms with Crippen LogP contribution in [-0.4, -0.2) is 18.4 Å². The van der Waals surface area contributed by atoms with Crippen molar-refractivity contribution in [2.45, 2.75) is 19.1 Å². The highest BCUT2D eigenvalue weighted by atomic mass is 35.5. The third-order valence-electron chi connectivity index (χ3n) is 2.50. The molecular weight excluding hydrogens is 230 g/mol. The van der Waals surface area contributed by atoms with Crippen molar-refractivity contribution in [2.24, 2.45) is 5.73 Å². The maximum Gasteiger partial charge on any atom is 0.189 e. The first-order valence-corrected chi connectivity index (χ1v) is 5.51. The van der Waals surface area contributed by atoms with Gasteiger partial charge in [-0.2, -0.15) is 0 Å². The molecule has 0 aliphatic carbocycles. The molecule has 16 heavy (non-hydrogen) atoms. The number of hydrogen-bond donors (Lipinski definition) is 2. The van der Waals surface area contributed by atoms with Gasteiger partial charge in [-0.3, -0.25) is 0 Å². The third kappa shape index (κ3) is 2.30. The third-order valence-corrected chi connectivity index (χ3v) is 2.72. The average molecular weight is 244 g/mol. The second kappa shape index (κ2) is 5.01. The molecular formula is C11H14ClNO3. The molecule has 3 N–H and O–H groups in total. The van der Waals surface area contributed by atoms with E-state index in [2.05, 4.69) is 0 Å². The van der Waals surface area contributed by atoms with Gasteiger partial charge in [0, 0.05) is 16.1 Å². The Morgan fingerprint density at radius 3 is 3.06 bits per heavy atom. The number of hydrogen-bond acceptors (Lipinski definition) is 4. The molecule has 0 saturated heterocycles. The first-order valence-electron chi connectivity index (χ1n) is 5.13. The van der Waals surface area contributed by atoms with Crippen molar-refractivity contribution >= 4 is 11.6 Å². The summed E-state index contributed by atoms with van der Waals surface area (Å²) in [4.78, 5) is 0. The maximum atomic E-state index is 9.94. The van der Waals surface area contributed by atoms with Crippen molar-refractivity contribution in [3.05, 3.63) is 28.3 Å². The van der Waals surface area contributed by atoms with Crippen LogP contribution in [0.15, 0.2) is 12.1 Å². The summed E-state index contributed by atoms with van der Waals surface area (Å²) in [5, 5.41) is 10.5. The molecule has 1 aliphatic heterocycles. The molecule has 88 valence electrons. The van der Waals surface area contributed by atoms with Crippen LogP contribution in [0, 0.1) is 0 Å². The lowest BCUT2D eigenvalue weighted by Gasteiger charge is -2.23. The molecule has 1 aliphatic rings. The zero-order valence-corrected chi connectivity index (χ0v) is 9.54. The summed E-state index contributed by atoms with van der Waals surface area (Å²) in [6.07, 6.45) is -0.160. The molecule has 1 heterocycles. The molecule has 5 heteroatoms. The lowest BCUT2D eigenvalue weighted by Crippen LogP contribution is -2.15. The summed E-state index contributed by atoms with van der Waals surface area (Å²) in [5.74, 6) is 0.677. The minimum absolute atomic E-state index is 0.205. The quantitative estimate of drug-likeness (QED) is 0.846. The Balaban J connectivity index is 2.38. The lowest BCUT2D eigenvalue weighted by molar-refractivity contribution is -0.0186. The van der Waals surface area contributed by atoms with Gasteiger partial charge in [-0.05, 0) is 25.1 Å². The van der Waals surface area contributed by atoms with Crippen LogP contribution in [0.25, 0.3) is 0 Å². The Morgan fingerprint density at radius 1 is 1.50 bits per heavy atom. The van der Waals surface area contributed by atoms with E-state index in [9.17, 15) is 5.11 Å². The van der Waals surface area contributed by atoms with Crippen molar-refractivity contribution in [3.63, 3.8) is 0 Å². The van der Waals surface area contributed by atoms with Gasteiger partial charge >= 0.3 is 0 Å². The van der Waals surface area contributed by atoms with Crippen LogP contribution in [0.3, 0.4) is 0 Å². The number of nitrogens with two attached hydrogens (primary N) is 1. The molecule has 1 aromatic carbocycles. The van der Waals surface area contributed by atoms with Crippen LogP contribution >= 0.6 is 11.6 Å². The summed E-state index contributed by atoms with van der Waals surface area (Å²) in [7, 11) is 0. The van der Waals surface area contributed by atoms with Crippen molar-refractivity contribution in [2.75, 3.05) is 13.3 Å². The smallest absolute Gasteiger partial charge is 0.189 e.